The van der Waals surface area contributed by atoms with E-state index in [2.05, 4.69) is 55.4 Å². The summed E-state index contributed by atoms with van der Waals surface area (Å²) in [4.78, 5) is 0. The van der Waals surface area contributed by atoms with E-state index in [4.69, 9.17) is 9.94 Å². The van der Waals surface area contributed by atoms with Crippen molar-refractivity contribution >= 4 is 0 Å². The van der Waals surface area contributed by atoms with Crippen molar-refractivity contribution in [1.29, 1.82) is 0 Å². The summed E-state index contributed by atoms with van der Waals surface area (Å²) in [6.07, 6.45) is 1.84. The van der Waals surface area contributed by atoms with Crippen molar-refractivity contribution in [2.75, 3.05) is 6.61 Å². The van der Waals surface area contributed by atoms with Crippen LogP contribution >= 0.6 is 0 Å². The minimum absolute atomic E-state index is 0.0920. The Kier molecular flexibility index (Phi) is 5.64. The van der Waals surface area contributed by atoms with Gasteiger partial charge >= 0.3 is 0 Å². The smallest absolute Gasteiger partial charge is 0.0856 e. The van der Waals surface area contributed by atoms with Crippen LogP contribution in [-0.4, -0.2) is 33.6 Å². The quantitative estimate of drug-likeness (QED) is 0.533. The number of rotatable bonds is 6. The molecule has 0 spiro atoms. The first-order valence-corrected chi connectivity index (χ1v) is 6.58. The highest BCUT2D eigenvalue weighted by Crippen LogP contribution is 2.28. The molecular weight excluding hydrogens is 214 g/mol. The van der Waals surface area contributed by atoms with Crippen LogP contribution in [0.1, 0.15) is 68.2 Å². The predicted molar refractivity (Wildman–Crippen MR) is 74.2 cm³/mol. The SMILES string of the molecule is CCC(C)(C)N([OH2+])C(C)(C)CCOC(C)(C)C. The number of hydrogen-bond acceptors (Lipinski definition) is 2. The molecular formula is C14H32NO2+. The lowest BCUT2D eigenvalue weighted by atomic mass is 9.92. The van der Waals surface area contributed by atoms with Gasteiger partial charge in [0.15, 0.2) is 0 Å². The molecule has 0 heterocycles. The Balaban J connectivity index is 4.38. The minimum atomic E-state index is -0.162. The molecule has 3 heteroatoms. The maximum Gasteiger partial charge on any atom is 0.0856 e. The average molecular weight is 246 g/mol. The van der Waals surface area contributed by atoms with Crippen LogP contribution in [0.5, 0.6) is 0 Å². The largest absolute Gasteiger partial charge is 0.376 e. The third-order valence-corrected chi connectivity index (χ3v) is 3.32. The molecule has 2 N–H and O–H groups in total. The maximum absolute atomic E-state index is 8.29. The van der Waals surface area contributed by atoms with Crippen LogP contribution in [0.15, 0.2) is 0 Å². The van der Waals surface area contributed by atoms with E-state index >= 15 is 0 Å². The van der Waals surface area contributed by atoms with Crippen LogP contribution in [0.25, 0.3) is 0 Å². The van der Waals surface area contributed by atoms with Crippen LogP contribution in [0, 0.1) is 0 Å². The first-order chi connectivity index (χ1) is 7.42. The molecule has 0 aliphatic rings. The summed E-state index contributed by atoms with van der Waals surface area (Å²) < 4.78 is 5.75. The summed E-state index contributed by atoms with van der Waals surface area (Å²) in [7, 11) is 0. The number of ether oxygens (including phenoxy) is 1. The monoisotopic (exact) mass is 246 g/mol. The first-order valence-electron chi connectivity index (χ1n) is 6.58. The van der Waals surface area contributed by atoms with Crippen molar-refractivity contribution in [1.82, 2.24) is 5.06 Å². The van der Waals surface area contributed by atoms with E-state index in [0.29, 0.717) is 6.61 Å². The van der Waals surface area contributed by atoms with Crippen LogP contribution in [0.2, 0.25) is 0 Å². The van der Waals surface area contributed by atoms with Crippen LogP contribution in [-0.2, 0) is 4.74 Å². The van der Waals surface area contributed by atoms with E-state index in [9.17, 15) is 0 Å². The highest BCUT2D eigenvalue weighted by Gasteiger charge is 2.40. The number of hydroxylamine groups is 2. The third-order valence-electron chi connectivity index (χ3n) is 3.32. The Bertz CT molecular complexity index is 229. The molecule has 0 radical (unpaired) electrons. The van der Waals surface area contributed by atoms with Crippen LogP contribution in [0.3, 0.4) is 0 Å². The predicted octanol–water partition coefficient (Wildman–Crippen LogP) is 3.10. The third kappa shape index (κ3) is 5.84. The van der Waals surface area contributed by atoms with Gasteiger partial charge < -0.3 is 9.94 Å². The molecule has 0 aromatic carbocycles. The van der Waals surface area contributed by atoms with Gasteiger partial charge in [0, 0.05) is 6.61 Å². The zero-order chi connectivity index (χ0) is 13.9. The molecule has 0 aliphatic carbocycles. The first kappa shape index (κ1) is 16.9. The lowest BCUT2D eigenvalue weighted by molar-refractivity contribution is -0.229. The number of hydrogen-bond donors (Lipinski definition) is 0. The van der Waals surface area contributed by atoms with Crippen molar-refractivity contribution < 1.29 is 9.94 Å². The van der Waals surface area contributed by atoms with Crippen molar-refractivity contribution in [3.05, 3.63) is 0 Å². The highest BCUT2D eigenvalue weighted by molar-refractivity contribution is 4.86. The van der Waals surface area contributed by atoms with E-state index in [0.717, 1.165) is 12.8 Å². The standard InChI is InChI=1S/C14H31NO2/c1-9-13(5,6)15(16)14(7,8)10-11-17-12(2,3)4/h16H,9-11H2,1-8H3/p+1. The molecule has 104 valence electrons. The van der Waals surface area contributed by atoms with Crippen molar-refractivity contribution in [3.63, 3.8) is 0 Å². The van der Waals surface area contributed by atoms with Gasteiger partial charge in [0.05, 0.1) is 16.7 Å². The molecule has 0 bridgehead atoms. The Hall–Kier alpha value is -0.120. The average Bonchev–Trinajstić information content (AvgIpc) is 2.14. The van der Waals surface area contributed by atoms with E-state index in [1.807, 2.05) is 0 Å². The van der Waals surface area contributed by atoms with E-state index in [1.54, 1.807) is 5.06 Å². The van der Waals surface area contributed by atoms with E-state index in [1.165, 1.54) is 0 Å². The van der Waals surface area contributed by atoms with Gasteiger partial charge in [0.2, 0.25) is 0 Å². The molecule has 0 fully saturated rings. The fourth-order valence-corrected chi connectivity index (χ4v) is 1.70. The number of nitrogens with zero attached hydrogens (tertiary/aromatic N) is 1. The fraction of sp³-hybridized carbons (Fsp3) is 1.00. The Morgan fingerprint density at radius 3 is 1.76 bits per heavy atom. The highest BCUT2D eigenvalue weighted by atomic mass is 16.5. The topological polar surface area (TPSA) is 35.4 Å². The lowest BCUT2D eigenvalue weighted by Gasteiger charge is -2.39. The molecule has 17 heavy (non-hydrogen) atoms. The molecule has 0 saturated heterocycles. The molecule has 0 unspecified atom stereocenters. The van der Waals surface area contributed by atoms with Crippen molar-refractivity contribution in [2.24, 2.45) is 0 Å². The van der Waals surface area contributed by atoms with Gasteiger partial charge in [0.1, 0.15) is 0 Å². The summed E-state index contributed by atoms with van der Waals surface area (Å²) in [5.41, 5.74) is -0.348. The summed E-state index contributed by atoms with van der Waals surface area (Å²) in [5.74, 6) is 0. The molecule has 3 nitrogen and oxygen atoms in total. The Labute approximate surface area is 107 Å². The second-order valence-corrected chi connectivity index (χ2v) is 7.02. The van der Waals surface area contributed by atoms with Crippen LogP contribution in [0.4, 0.5) is 0 Å². The van der Waals surface area contributed by atoms with E-state index in [-0.39, 0.29) is 16.7 Å². The Morgan fingerprint density at radius 1 is 0.941 bits per heavy atom. The summed E-state index contributed by atoms with van der Waals surface area (Å²) in [5, 5.41) is 10.0. The lowest BCUT2D eigenvalue weighted by Crippen LogP contribution is -2.53. The zero-order valence-corrected chi connectivity index (χ0v) is 13.0. The molecule has 0 amide bonds. The van der Waals surface area contributed by atoms with Crippen LogP contribution < -0.4 is 0 Å². The molecule has 0 rings (SSSR count). The Morgan fingerprint density at radius 2 is 1.41 bits per heavy atom. The van der Waals surface area contributed by atoms with Gasteiger partial charge in [-0.1, -0.05) is 12.0 Å². The molecule has 0 aromatic rings. The van der Waals surface area contributed by atoms with Gasteiger partial charge in [-0.05, 0) is 61.3 Å². The molecule has 0 aliphatic heterocycles. The van der Waals surface area contributed by atoms with Gasteiger partial charge in [-0.2, -0.15) is 0 Å². The van der Waals surface area contributed by atoms with Gasteiger partial charge in [-0.15, -0.1) is 0 Å². The molecule has 0 saturated carbocycles. The van der Waals surface area contributed by atoms with E-state index < -0.39 is 0 Å². The van der Waals surface area contributed by atoms with Gasteiger partial charge in [0.25, 0.3) is 0 Å². The second-order valence-electron chi connectivity index (χ2n) is 7.02. The zero-order valence-electron chi connectivity index (χ0n) is 13.0. The summed E-state index contributed by atoms with van der Waals surface area (Å²) in [6.45, 7) is 17.5. The van der Waals surface area contributed by atoms with Crippen molar-refractivity contribution in [3.8, 4) is 0 Å². The molecule has 0 atom stereocenters. The van der Waals surface area contributed by atoms with Gasteiger partial charge in [-0.25, -0.2) is 0 Å². The van der Waals surface area contributed by atoms with Gasteiger partial charge in [-0.3, -0.25) is 0 Å². The normalized spacial score (nSPS) is 14.5. The second kappa shape index (κ2) is 5.68. The minimum Gasteiger partial charge on any atom is -0.376 e. The summed E-state index contributed by atoms with van der Waals surface area (Å²) in [6, 6.07) is 0. The van der Waals surface area contributed by atoms with Crippen molar-refractivity contribution in [2.45, 2.75) is 84.9 Å². The summed E-state index contributed by atoms with van der Waals surface area (Å²) >= 11 is 0. The maximum atomic E-state index is 8.29. The molecule has 0 aromatic heterocycles. The fourth-order valence-electron chi connectivity index (χ4n) is 1.70.